The smallest absolute Gasteiger partial charge is 0.257 e. The molecule has 1 aliphatic heterocycles. The molecule has 116 valence electrons. The number of halogens is 2. The Labute approximate surface area is 127 Å². The van der Waals surface area contributed by atoms with Crippen molar-refractivity contribution in [1.29, 1.82) is 0 Å². The Morgan fingerprint density at radius 3 is 2.82 bits per heavy atom. The molecule has 2 aromatic rings. The summed E-state index contributed by atoms with van der Waals surface area (Å²) < 4.78 is 27.3. The Balaban J connectivity index is 1.97. The van der Waals surface area contributed by atoms with Crippen molar-refractivity contribution in [2.24, 2.45) is 0 Å². The maximum atomic E-state index is 13.9. The molecule has 1 aliphatic rings. The number of hydrogen-bond donors (Lipinski definition) is 1. The van der Waals surface area contributed by atoms with Gasteiger partial charge in [-0.25, -0.2) is 8.78 Å². The van der Waals surface area contributed by atoms with Gasteiger partial charge in [-0.05, 0) is 38.8 Å². The summed E-state index contributed by atoms with van der Waals surface area (Å²) in [6.45, 7) is 4.31. The van der Waals surface area contributed by atoms with Gasteiger partial charge in [0.2, 0.25) is 0 Å². The first-order valence-corrected chi connectivity index (χ1v) is 7.27. The molecule has 3 rings (SSSR count). The van der Waals surface area contributed by atoms with Crippen molar-refractivity contribution in [3.63, 3.8) is 0 Å². The number of amides is 1. The highest BCUT2D eigenvalue weighted by molar-refractivity contribution is 5.95. The van der Waals surface area contributed by atoms with E-state index in [2.05, 4.69) is 10.2 Å². The molecule has 1 amide bonds. The van der Waals surface area contributed by atoms with E-state index in [-0.39, 0.29) is 11.6 Å². The standard InChI is InChI=1S/C16H17F2N3O/c1-9-14(10(2)20-19-9)13-7-4-8-21(13)16(22)11-5-3-6-12(17)15(11)18/h3,5-6,13H,4,7-8H2,1-2H3,(H,19,20)/t13-/m1/s1. The van der Waals surface area contributed by atoms with Gasteiger partial charge < -0.3 is 4.90 Å². The van der Waals surface area contributed by atoms with Crippen LogP contribution in [0.2, 0.25) is 0 Å². The largest absolute Gasteiger partial charge is 0.331 e. The Morgan fingerprint density at radius 2 is 2.14 bits per heavy atom. The third-order valence-electron chi connectivity index (χ3n) is 4.21. The second-order valence-corrected chi connectivity index (χ2v) is 5.61. The molecule has 0 radical (unpaired) electrons. The molecule has 1 aromatic carbocycles. The minimum atomic E-state index is -1.08. The van der Waals surface area contributed by atoms with E-state index >= 15 is 0 Å². The summed E-state index contributed by atoms with van der Waals surface area (Å²) >= 11 is 0. The first kappa shape index (κ1) is 14.7. The topological polar surface area (TPSA) is 49.0 Å². The number of benzene rings is 1. The van der Waals surface area contributed by atoms with Gasteiger partial charge in [-0.15, -0.1) is 0 Å². The zero-order valence-electron chi connectivity index (χ0n) is 12.5. The molecule has 0 saturated carbocycles. The number of nitrogens with one attached hydrogen (secondary N) is 1. The van der Waals surface area contributed by atoms with E-state index in [4.69, 9.17) is 0 Å². The minimum Gasteiger partial charge on any atom is -0.331 e. The Kier molecular flexibility index (Phi) is 3.68. The molecule has 1 saturated heterocycles. The molecule has 6 heteroatoms. The molecule has 0 spiro atoms. The highest BCUT2D eigenvalue weighted by Crippen LogP contribution is 2.36. The third kappa shape index (κ3) is 2.28. The van der Waals surface area contributed by atoms with Crippen LogP contribution in [0.3, 0.4) is 0 Å². The van der Waals surface area contributed by atoms with Gasteiger partial charge >= 0.3 is 0 Å². The van der Waals surface area contributed by atoms with Crippen LogP contribution >= 0.6 is 0 Å². The van der Waals surface area contributed by atoms with Gasteiger partial charge in [-0.2, -0.15) is 5.10 Å². The summed E-state index contributed by atoms with van der Waals surface area (Å²) in [4.78, 5) is 14.3. The lowest BCUT2D eigenvalue weighted by atomic mass is 10.0. The molecule has 1 atom stereocenters. The molecule has 22 heavy (non-hydrogen) atoms. The van der Waals surface area contributed by atoms with Crippen LogP contribution in [0, 0.1) is 25.5 Å². The zero-order valence-corrected chi connectivity index (χ0v) is 12.5. The molecule has 0 bridgehead atoms. The number of aromatic nitrogens is 2. The molecule has 1 aromatic heterocycles. The average Bonchev–Trinajstić information content (AvgIpc) is 3.08. The van der Waals surface area contributed by atoms with E-state index in [0.29, 0.717) is 6.54 Å². The van der Waals surface area contributed by atoms with Crippen LogP contribution in [0.15, 0.2) is 18.2 Å². The Morgan fingerprint density at radius 1 is 1.36 bits per heavy atom. The fraction of sp³-hybridized carbons (Fsp3) is 0.375. The van der Waals surface area contributed by atoms with E-state index in [1.54, 1.807) is 4.90 Å². The molecular formula is C16H17F2N3O. The summed E-state index contributed by atoms with van der Waals surface area (Å²) in [5, 5.41) is 7.07. The van der Waals surface area contributed by atoms with Gasteiger partial charge in [0.25, 0.3) is 5.91 Å². The van der Waals surface area contributed by atoms with Crippen LogP contribution in [-0.4, -0.2) is 27.5 Å². The molecule has 0 aliphatic carbocycles. The quantitative estimate of drug-likeness (QED) is 0.925. The summed E-state index contributed by atoms with van der Waals surface area (Å²) in [7, 11) is 0. The van der Waals surface area contributed by atoms with Crippen LogP contribution < -0.4 is 0 Å². The van der Waals surface area contributed by atoms with E-state index < -0.39 is 17.5 Å². The van der Waals surface area contributed by atoms with Gasteiger partial charge in [-0.1, -0.05) is 6.07 Å². The predicted molar refractivity (Wildman–Crippen MR) is 77.4 cm³/mol. The molecule has 2 heterocycles. The first-order valence-electron chi connectivity index (χ1n) is 7.27. The van der Waals surface area contributed by atoms with E-state index in [9.17, 15) is 13.6 Å². The van der Waals surface area contributed by atoms with Crippen LogP contribution in [0.1, 0.15) is 46.2 Å². The number of likely N-dealkylation sites (tertiary alicyclic amines) is 1. The van der Waals surface area contributed by atoms with E-state index in [1.807, 2.05) is 13.8 Å². The lowest BCUT2D eigenvalue weighted by Crippen LogP contribution is -2.31. The van der Waals surface area contributed by atoms with Crippen LogP contribution in [-0.2, 0) is 0 Å². The van der Waals surface area contributed by atoms with Crippen molar-refractivity contribution >= 4 is 5.91 Å². The maximum absolute atomic E-state index is 13.9. The van der Waals surface area contributed by atoms with Crippen molar-refractivity contribution in [2.75, 3.05) is 6.54 Å². The van der Waals surface area contributed by atoms with Crippen LogP contribution in [0.25, 0.3) is 0 Å². The van der Waals surface area contributed by atoms with E-state index in [0.717, 1.165) is 35.9 Å². The minimum absolute atomic E-state index is 0.145. The van der Waals surface area contributed by atoms with Crippen LogP contribution in [0.4, 0.5) is 8.78 Å². The fourth-order valence-electron chi connectivity index (χ4n) is 3.18. The van der Waals surface area contributed by atoms with Crippen molar-refractivity contribution < 1.29 is 13.6 Å². The fourth-order valence-corrected chi connectivity index (χ4v) is 3.18. The number of aromatic amines is 1. The Hall–Kier alpha value is -2.24. The Bertz CT molecular complexity index is 707. The highest BCUT2D eigenvalue weighted by atomic mass is 19.2. The SMILES string of the molecule is Cc1n[nH]c(C)c1[C@H]1CCCN1C(=O)c1cccc(F)c1F. The molecular weight excluding hydrogens is 288 g/mol. The summed E-state index contributed by atoms with van der Waals surface area (Å²) in [6, 6.07) is 3.54. The van der Waals surface area contributed by atoms with Crippen LogP contribution in [0.5, 0.6) is 0 Å². The summed E-state index contributed by atoms with van der Waals surface area (Å²) in [5.74, 6) is -2.56. The predicted octanol–water partition coefficient (Wildman–Crippen LogP) is 3.28. The summed E-state index contributed by atoms with van der Waals surface area (Å²) in [5.41, 5.74) is 2.50. The molecule has 1 fully saturated rings. The monoisotopic (exact) mass is 305 g/mol. The van der Waals surface area contributed by atoms with Gasteiger partial charge in [0.15, 0.2) is 11.6 Å². The number of rotatable bonds is 2. The van der Waals surface area contributed by atoms with Crippen molar-refractivity contribution in [2.45, 2.75) is 32.7 Å². The van der Waals surface area contributed by atoms with Crippen molar-refractivity contribution in [3.05, 3.63) is 52.3 Å². The number of H-pyrrole nitrogens is 1. The molecule has 4 nitrogen and oxygen atoms in total. The lowest BCUT2D eigenvalue weighted by molar-refractivity contribution is 0.0729. The number of nitrogens with zero attached hydrogens (tertiary/aromatic N) is 2. The highest BCUT2D eigenvalue weighted by Gasteiger charge is 2.34. The van der Waals surface area contributed by atoms with Crippen molar-refractivity contribution in [3.8, 4) is 0 Å². The average molecular weight is 305 g/mol. The zero-order chi connectivity index (χ0) is 15.9. The number of aryl methyl sites for hydroxylation is 2. The molecule has 1 N–H and O–H groups in total. The molecule has 0 unspecified atom stereocenters. The maximum Gasteiger partial charge on any atom is 0.257 e. The second kappa shape index (κ2) is 5.51. The van der Waals surface area contributed by atoms with Gasteiger partial charge in [0.05, 0.1) is 17.3 Å². The van der Waals surface area contributed by atoms with Gasteiger partial charge in [-0.3, -0.25) is 9.89 Å². The lowest BCUT2D eigenvalue weighted by Gasteiger charge is -2.25. The van der Waals surface area contributed by atoms with E-state index in [1.165, 1.54) is 12.1 Å². The van der Waals surface area contributed by atoms with Crippen molar-refractivity contribution in [1.82, 2.24) is 15.1 Å². The first-order chi connectivity index (χ1) is 10.5. The number of hydrogen-bond acceptors (Lipinski definition) is 2. The van der Waals surface area contributed by atoms with Gasteiger partial charge in [0.1, 0.15) is 0 Å². The number of carbonyl (C=O) groups is 1. The third-order valence-corrected chi connectivity index (χ3v) is 4.21. The summed E-state index contributed by atoms with van der Waals surface area (Å²) in [6.07, 6.45) is 1.63. The number of carbonyl (C=O) groups excluding carboxylic acids is 1. The second-order valence-electron chi connectivity index (χ2n) is 5.61. The normalized spacial score (nSPS) is 18.0. The van der Waals surface area contributed by atoms with Gasteiger partial charge in [0, 0.05) is 17.8 Å².